The fourth-order valence-corrected chi connectivity index (χ4v) is 2.12. The summed E-state index contributed by atoms with van der Waals surface area (Å²) in [6.45, 7) is 3.94. The van der Waals surface area contributed by atoms with E-state index in [1.165, 1.54) is 36.3 Å². The Balaban J connectivity index is 2.97. The van der Waals surface area contributed by atoms with Crippen molar-refractivity contribution in [1.29, 1.82) is 0 Å². The van der Waals surface area contributed by atoms with Crippen molar-refractivity contribution in [2.45, 2.75) is 26.3 Å². The molecule has 1 aromatic carbocycles. The van der Waals surface area contributed by atoms with E-state index < -0.39 is 17.9 Å². The van der Waals surface area contributed by atoms with Gasteiger partial charge in [-0.25, -0.2) is 4.79 Å². The number of carbonyl (C=O) groups excluding carboxylic acids is 3. The summed E-state index contributed by atoms with van der Waals surface area (Å²) < 4.78 is 4.78. The van der Waals surface area contributed by atoms with Crippen molar-refractivity contribution in [3.05, 3.63) is 35.4 Å². The van der Waals surface area contributed by atoms with Crippen molar-refractivity contribution in [2.75, 3.05) is 14.2 Å². The molecule has 0 saturated carbocycles. The molecule has 0 aliphatic carbocycles. The quantitative estimate of drug-likeness (QED) is 0.805. The number of ether oxygens (including phenoxy) is 1. The summed E-state index contributed by atoms with van der Waals surface area (Å²) in [7, 11) is 2.87. The van der Waals surface area contributed by atoms with Crippen LogP contribution < -0.4 is 5.73 Å². The molecule has 0 aliphatic rings. The van der Waals surface area contributed by atoms with Crippen LogP contribution in [0.25, 0.3) is 0 Å². The van der Waals surface area contributed by atoms with Crippen molar-refractivity contribution in [2.24, 2.45) is 11.7 Å². The molecule has 0 spiro atoms. The third kappa shape index (κ3) is 4.31. The van der Waals surface area contributed by atoms with Gasteiger partial charge in [0.2, 0.25) is 5.91 Å². The molecule has 0 saturated heterocycles. The molecule has 1 unspecified atom stereocenters. The van der Waals surface area contributed by atoms with E-state index in [0.717, 1.165) is 0 Å². The Morgan fingerprint density at radius 2 is 1.64 bits per heavy atom. The molecule has 1 atom stereocenters. The second-order valence-electron chi connectivity index (χ2n) is 5.53. The first-order valence-corrected chi connectivity index (χ1v) is 7.02. The first-order valence-electron chi connectivity index (χ1n) is 7.02. The van der Waals surface area contributed by atoms with Gasteiger partial charge in [-0.3, -0.25) is 9.59 Å². The summed E-state index contributed by atoms with van der Waals surface area (Å²) in [6.07, 6.45) is 0.508. The number of rotatable bonds is 6. The van der Waals surface area contributed by atoms with Gasteiger partial charge in [-0.15, -0.1) is 0 Å². The lowest BCUT2D eigenvalue weighted by Gasteiger charge is -2.27. The molecule has 22 heavy (non-hydrogen) atoms. The number of hydrogen-bond acceptors (Lipinski definition) is 4. The lowest BCUT2D eigenvalue weighted by Crippen LogP contribution is -2.43. The highest BCUT2D eigenvalue weighted by Crippen LogP contribution is 2.15. The first-order chi connectivity index (χ1) is 10.3. The average Bonchev–Trinajstić information content (AvgIpc) is 2.50. The number of primary amides is 1. The van der Waals surface area contributed by atoms with Crippen LogP contribution in [0.3, 0.4) is 0 Å². The summed E-state index contributed by atoms with van der Waals surface area (Å²) in [5.41, 5.74) is 5.87. The molecular formula is C16H22N2O4. The van der Waals surface area contributed by atoms with Gasteiger partial charge >= 0.3 is 5.97 Å². The van der Waals surface area contributed by atoms with E-state index in [1.807, 2.05) is 13.8 Å². The minimum atomic E-state index is -0.645. The van der Waals surface area contributed by atoms with Gasteiger partial charge in [0.05, 0.1) is 7.11 Å². The predicted octanol–water partition coefficient (Wildman–Crippen LogP) is 1.45. The number of nitrogens with zero attached hydrogens (tertiary/aromatic N) is 1. The molecular weight excluding hydrogens is 284 g/mol. The maximum Gasteiger partial charge on any atom is 0.328 e. The fraction of sp³-hybridized carbons (Fsp3) is 0.438. The first kappa shape index (κ1) is 17.7. The van der Waals surface area contributed by atoms with Gasteiger partial charge in [-0.2, -0.15) is 0 Å². The third-order valence-corrected chi connectivity index (χ3v) is 3.37. The van der Waals surface area contributed by atoms with E-state index in [2.05, 4.69) is 0 Å². The highest BCUT2D eigenvalue weighted by atomic mass is 16.5. The van der Waals surface area contributed by atoms with Crippen LogP contribution in [-0.4, -0.2) is 42.9 Å². The second kappa shape index (κ2) is 7.59. The van der Waals surface area contributed by atoms with Crippen molar-refractivity contribution in [1.82, 2.24) is 4.90 Å². The maximum atomic E-state index is 12.5. The summed E-state index contributed by atoms with van der Waals surface area (Å²) in [6, 6.07) is 5.36. The number of hydrogen-bond donors (Lipinski definition) is 1. The van der Waals surface area contributed by atoms with E-state index in [1.54, 1.807) is 7.05 Å². The molecule has 0 heterocycles. The molecule has 120 valence electrons. The van der Waals surface area contributed by atoms with Gasteiger partial charge < -0.3 is 15.4 Å². The molecule has 2 amide bonds. The molecule has 0 aliphatic heterocycles. The maximum absolute atomic E-state index is 12.5. The Morgan fingerprint density at radius 3 is 2.05 bits per heavy atom. The largest absolute Gasteiger partial charge is 0.467 e. The standard InChI is InChI=1S/C16H22N2O4/c1-10(2)9-13(16(21)22-4)18(3)15(20)12-7-5-11(6-8-12)14(17)19/h5-8,10,13H,9H2,1-4H3,(H2,17,19). The fourth-order valence-electron chi connectivity index (χ4n) is 2.12. The number of benzene rings is 1. The van der Waals surface area contributed by atoms with Crippen LogP contribution in [0.2, 0.25) is 0 Å². The zero-order valence-corrected chi connectivity index (χ0v) is 13.3. The highest BCUT2D eigenvalue weighted by Gasteiger charge is 2.29. The van der Waals surface area contributed by atoms with Crippen molar-refractivity contribution >= 4 is 17.8 Å². The van der Waals surface area contributed by atoms with Gasteiger partial charge in [0.1, 0.15) is 6.04 Å². The van der Waals surface area contributed by atoms with Crippen LogP contribution >= 0.6 is 0 Å². The van der Waals surface area contributed by atoms with Crippen LogP contribution in [0.15, 0.2) is 24.3 Å². The number of carbonyl (C=O) groups is 3. The van der Waals surface area contributed by atoms with Gasteiger partial charge in [0, 0.05) is 18.2 Å². The molecule has 6 heteroatoms. The Bertz CT molecular complexity index is 552. The molecule has 0 aromatic heterocycles. The molecule has 0 bridgehead atoms. The number of nitrogens with two attached hydrogens (primary N) is 1. The van der Waals surface area contributed by atoms with Crippen LogP contribution in [0.5, 0.6) is 0 Å². The van der Waals surface area contributed by atoms with Gasteiger partial charge in [0.15, 0.2) is 0 Å². The molecule has 6 nitrogen and oxygen atoms in total. The van der Waals surface area contributed by atoms with Crippen molar-refractivity contribution in [3.8, 4) is 0 Å². The van der Waals surface area contributed by atoms with Crippen LogP contribution in [0.4, 0.5) is 0 Å². The van der Waals surface area contributed by atoms with Crippen LogP contribution in [0.1, 0.15) is 41.0 Å². The Kier molecular flexibility index (Phi) is 6.10. The van der Waals surface area contributed by atoms with Crippen LogP contribution in [-0.2, 0) is 9.53 Å². The lowest BCUT2D eigenvalue weighted by atomic mass is 10.0. The summed E-state index contributed by atoms with van der Waals surface area (Å²) in [5.74, 6) is -1.08. The van der Waals surface area contributed by atoms with Gasteiger partial charge in [-0.05, 0) is 36.6 Å². The number of methoxy groups -OCH3 is 1. The van der Waals surface area contributed by atoms with E-state index in [-0.39, 0.29) is 11.8 Å². The minimum absolute atomic E-state index is 0.233. The van der Waals surface area contributed by atoms with E-state index >= 15 is 0 Å². The average molecular weight is 306 g/mol. The van der Waals surface area contributed by atoms with E-state index in [4.69, 9.17) is 10.5 Å². The Hall–Kier alpha value is -2.37. The molecule has 0 radical (unpaired) electrons. The molecule has 2 N–H and O–H groups in total. The SMILES string of the molecule is COC(=O)C(CC(C)C)N(C)C(=O)c1ccc(C(N)=O)cc1. The van der Waals surface area contributed by atoms with E-state index in [9.17, 15) is 14.4 Å². The van der Waals surface area contributed by atoms with E-state index in [0.29, 0.717) is 17.5 Å². The zero-order chi connectivity index (χ0) is 16.9. The number of esters is 1. The van der Waals surface area contributed by atoms with Crippen molar-refractivity contribution < 1.29 is 19.1 Å². The summed E-state index contributed by atoms with van der Waals surface area (Å²) in [4.78, 5) is 36.8. The molecule has 0 fully saturated rings. The Labute approximate surface area is 130 Å². The minimum Gasteiger partial charge on any atom is -0.467 e. The molecule has 1 rings (SSSR count). The predicted molar refractivity (Wildman–Crippen MR) is 82.3 cm³/mol. The topological polar surface area (TPSA) is 89.7 Å². The highest BCUT2D eigenvalue weighted by molar-refractivity contribution is 5.98. The monoisotopic (exact) mass is 306 g/mol. The Morgan fingerprint density at radius 1 is 1.14 bits per heavy atom. The summed E-state index contributed by atoms with van der Waals surface area (Å²) >= 11 is 0. The second-order valence-corrected chi connectivity index (χ2v) is 5.53. The van der Waals surface area contributed by atoms with Gasteiger partial charge in [-0.1, -0.05) is 13.8 Å². The molecule has 1 aromatic rings. The lowest BCUT2D eigenvalue weighted by molar-refractivity contribution is -0.146. The summed E-state index contributed by atoms with van der Waals surface area (Å²) in [5, 5.41) is 0. The smallest absolute Gasteiger partial charge is 0.328 e. The number of amides is 2. The normalized spacial score (nSPS) is 11.9. The number of likely N-dealkylation sites (N-methyl/N-ethyl adjacent to an activating group) is 1. The van der Waals surface area contributed by atoms with Crippen LogP contribution in [0, 0.1) is 5.92 Å². The van der Waals surface area contributed by atoms with Gasteiger partial charge in [0.25, 0.3) is 5.91 Å². The van der Waals surface area contributed by atoms with Crippen molar-refractivity contribution in [3.63, 3.8) is 0 Å². The zero-order valence-electron chi connectivity index (χ0n) is 13.3. The third-order valence-electron chi connectivity index (χ3n) is 3.37.